The zero-order chi connectivity index (χ0) is 32.4. The Morgan fingerprint density at radius 1 is 0.604 bits per heavy atom. The lowest BCUT2D eigenvalue weighted by atomic mass is 9.85. The Kier molecular flexibility index (Phi) is 6.34. The van der Waals surface area contributed by atoms with Gasteiger partial charge in [-0.3, -0.25) is 9.55 Å². The Morgan fingerprint density at radius 2 is 1.35 bits per heavy atom. The van der Waals surface area contributed by atoms with E-state index in [9.17, 15) is 0 Å². The van der Waals surface area contributed by atoms with Crippen molar-refractivity contribution in [3.63, 3.8) is 0 Å². The molecule has 0 fully saturated rings. The Labute approximate surface area is 279 Å². The number of hydrogen-bond donors (Lipinski definition) is 1. The fraction of sp³-hybridized carbons (Fsp3) is 0.0909. The minimum absolute atomic E-state index is 0.0495. The number of fused-ring (bicyclic) bond motifs is 5. The van der Waals surface area contributed by atoms with Gasteiger partial charge in [-0.05, 0) is 70.5 Å². The van der Waals surface area contributed by atoms with Crippen molar-refractivity contribution >= 4 is 43.6 Å². The quantitative estimate of drug-likeness (QED) is 0.213. The molecule has 0 aliphatic rings. The molecule has 0 unspecified atom stereocenters. The number of aromatic nitrogens is 4. The second kappa shape index (κ2) is 10.8. The number of rotatable bonds is 4. The Hall–Kier alpha value is -6.00. The van der Waals surface area contributed by atoms with Crippen molar-refractivity contribution in [2.75, 3.05) is 0 Å². The summed E-state index contributed by atoms with van der Waals surface area (Å²) < 4.78 is 2.32. The van der Waals surface area contributed by atoms with Gasteiger partial charge in [0.15, 0.2) is 0 Å². The molecule has 0 amide bonds. The number of benzene rings is 6. The summed E-state index contributed by atoms with van der Waals surface area (Å²) in [5.74, 6) is 0.915. The number of H-pyrrole nitrogens is 1. The smallest absolute Gasteiger partial charge is 0.147 e. The maximum atomic E-state index is 5.56. The first kappa shape index (κ1) is 28.2. The molecule has 0 aliphatic carbocycles. The first-order chi connectivity index (χ1) is 23.4. The van der Waals surface area contributed by atoms with Crippen LogP contribution in [0.2, 0.25) is 0 Å². The summed E-state index contributed by atoms with van der Waals surface area (Å²) in [6.45, 7) is 6.84. The van der Waals surface area contributed by atoms with Crippen LogP contribution in [0.15, 0.2) is 146 Å². The lowest BCUT2D eigenvalue weighted by molar-refractivity contribution is 0.591. The molecular formula is C44H34N4. The van der Waals surface area contributed by atoms with Gasteiger partial charge in [-0.25, -0.2) is 4.98 Å². The van der Waals surface area contributed by atoms with Crippen LogP contribution in [0, 0.1) is 0 Å². The summed E-state index contributed by atoms with van der Waals surface area (Å²) in [7, 11) is 0. The Bertz CT molecular complexity index is 2650. The van der Waals surface area contributed by atoms with E-state index >= 15 is 0 Å². The van der Waals surface area contributed by atoms with E-state index in [1.54, 1.807) is 0 Å². The molecule has 0 aliphatic heterocycles. The predicted molar refractivity (Wildman–Crippen MR) is 201 cm³/mol. The lowest BCUT2D eigenvalue weighted by Gasteiger charge is -2.21. The highest BCUT2D eigenvalue weighted by molar-refractivity contribution is 6.12. The SMILES string of the molecule is CC(C)(C)c1cc(-c2nc3c(-c4cccc(-c5nccc6ccccc56)c4)cccc3n2-c2ccccc2)c2[nH]c3ccccc3c2c1. The molecule has 230 valence electrons. The molecule has 4 heteroatoms. The number of aromatic amines is 1. The van der Waals surface area contributed by atoms with Gasteiger partial charge in [0.2, 0.25) is 0 Å². The molecule has 0 saturated carbocycles. The number of pyridine rings is 1. The zero-order valence-electron chi connectivity index (χ0n) is 27.2. The molecule has 3 heterocycles. The third kappa shape index (κ3) is 4.52. The molecule has 0 saturated heterocycles. The Morgan fingerprint density at radius 3 is 2.21 bits per heavy atom. The lowest BCUT2D eigenvalue weighted by Crippen LogP contribution is -2.11. The van der Waals surface area contributed by atoms with Crippen molar-refractivity contribution in [3.05, 3.63) is 151 Å². The summed E-state index contributed by atoms with van der Waals surface area (Å²) in [6.07, 6.45) is 1.90. The molecule has 0 spiro atoms. The van der Waals surface area contributed by atoms with Crippen molar-refractivity contribution in [3.8, 4) is 39.5 Å². The predicted octanol–water partition coefficient (Wildman–Crippen LogP) is 11.5. The van der Waals surface area contributed by atoms with E-state index in [2.05, 4.69) is 170 Å². The van der Waals surface area contributed by atoms with Gasteiger partial charge in [0, 0.05) is 50.2 Å². The van der Waals surface area contributed by atoms with Crippen LogP contribution in [0.3, 0.4) is 0 Å². The fourth-order valence-electron chi connectivity index (χ4n) is 7.10. The van der Waals surface area contributed by atoms with Gasteiger partial charge in [0.1, 0.15) is 5.82 Å². The molecule has 9 aromatic rings. The van der Waals surface area contributed by atoms with Crippen LogP contribution in [0.1, 0.15) is 26.3 Å². The summed E-state index contributed by atoms with van der Waals surface area (Å²) >= 11 is 0. The zero-order valence-corrected chi connectivity index (χ0v) is 27.2. The van der Waals surface area contributed by atoms with E-state index in [4.69, 9.17) is 9.97 Å². The Balaban J connectivity index is 1.33. The van der Waals surface area contributed by atoms with E-state index in [0.29, 0.717) is 0 Å². The van der Waals surface area contributed by atoms with Gasteiger partial charge in [-0.2, -0.15) is 0 Å². The van der Waals surface area contributed by atoms with Crippen LogP contribution in [0.5, 0.6) is 0 Å². The average Bonchev–Trinajstić information content (AvgIpc) is 3.70. The number of para-hydroxylation sites is 3. The van der Waals surface area contributed by atoms with E-state index in [0.717, 1.165) is 66.9 Å². The molecule has 0 bridgehead atoms. The second-order valence-electron chi connectivity index (χ2n) is 13.6. The molecule has 0 radical (unpaired) electrons. The molecule has 48 heavy (non-hydrogen) atoms. The van der Waals surface area contributed by atoms with E-state index in [1.165, 1.54) is 21.7 Å². The van der Waals surface area contributed by atoms with Gasteiger partial charge in [-0.1, -0.05) is 112 Å². The summed E-state index contributed by atoms with van der Waals surface area (Å²) in [5.41, 5.74) is 11.9. The number of nitrogens with one attached hydrogen (secondary N) is 1. The van der Waals surface area contributed by atoms with Crippen LogP contribution in [0.25, 0.3) is 83.1 Å². The van der Waals surface area contributed by atoms with Gasteiger partial charge >= 0.3 is 0 Å². The third-order valence-corrected chi connectivity index (χ3v) is 9.54. The molecule has 3 aromatic heterocycles. The van der Waals surface area contributed by atoms with Crippen LogP contribution in [-0.2, 0) is 5.41 Å². The maximum Gasteiger partial charge on any atom is 0.147 e. The summed E-state index contributed by atoms with van der Waals surface area (Å²) in [6, 6.07) is 49.6. The van der Waals surface area contributed by atoms with Crippen molar-refractivity contribution in [2.45, 2.75) is 26.2 Å². The van der Waals surface area contributed by atoms with Crippen molar-refractivity contribution in [2.24, 2.45) is 0 Å². The van der Waals surface area contributed by atoms with Gasteiger partial charge < -0.3 is 4.98 Å². The van der Waals surface area contributed by atoms with E-state index in [-0.39, 0.29) is 5.41 Å². The largest absolute Gasteiger partial charge is 0.354 e. The van der Waals surface area contributed by atoms with Crippen LogP contribution in [0.4, 0.5) is 0 Å². The number of imidazole rings is 1. The molecule has 0 atom stereocenters. The van der Waals surface area contributed by atoms with Crippen molar-refractivity contribution in [1.29, 1.82) is 0 Å². The van der Waals surface area contributed by atoms with Crippen molar-refractivity contribution < 1.29 is 0 Å². The molecule has 4 nitrogen and oxygen atoms in total. The highest BCUT2D eigenvalue weighted by Gasteiger charge is 2.24. The van der Waals surface area contributed by atoms with Crippen LogP contribution < -0.4 is 0 Å². The average molecular weight is 619 g/mol. The first-order valence-electron chi connectivity index (χ1n) is 16.5. The summed E-state index contributed by atoms with van der Waals surface area (Å²) in [4.78, 5) is 14.2. The maximum absolute atomic E-state index is 5.56. The number of nitrogens with zero attached hydrogens (tertiary/aromatic N) is 3. The first-order valence-corrected chi connectivity index (χ1v) is 16.5. The van der Waals surface area contributed by atoms with Gasteiger partial charge in [0.05, 0.1) is 22.2 Å². The normalized spacial score (nSPS) is 12.1. The number of hydrogen-bond acceptors (Lipinski definition) is 2. The molecule has 9 rings (SSSR count). The van der Waals surface area contributed by atoms with Gasteiger partial charge in [-0.15, -0.1) is 0 Å². The van der Waals surface area contributed by atoms with Crippen LogP contribution >= 0.6 is 0 Å². The van der Waals surface area contributed by atoms with Crippen LogP contribution in [-0.4, -0.2) is 19.5 Å². The second-order valence-corrected chi connectivity index (χ2v) is 13.6. The third-order valence-electron chi connectivity index (χ3n) is 9.54. The summed E-state index contributed by atoms with van der Waals surface area (Å²) in [5, 5.41) is 4.77. The fourth-order valence-corrected chi connectivity index (χ4v) is 7.10. The topological polar surface area (TPSA) is 46.5 Å². The van der Waals surface area contributed by atoms with Crippen molar-refractivity contribution in [1.82, 2.24) is 19.5 Å². The van der Waals surface area contributed by atoms with E-state index < -0.39 is 0 Å². The highest BCUT2D eigenvalue weighted by atomic mass is 15.1. The molecular weight excluding hydrogens is 585 g/mol. The molecule has 6 aromatic carbocycles. The van der Waals surface area contributed by atoms with E-state index in [1.807, 2.05) is 6.20 Å². The highest BCUT2D eigenvalue weighted by Crippen LogP contribution is 2.41. The minimum Gasteiger partial charge on any atom is -0.354 e. The van der Waals surface area contributed by atoms with Gasteiger partial charge in [0.25, 0.3) is 0 Å². The standard InChI is InChI=1S/C44H34N4/c1-44(2,3)31-26-36-35-19-9-10-21-38(35)46-41(36)37(27-31)43-47-42-34(20-12-22-39(42)48(43)32-16-5-4-6-17-32)29-14-11-15-30(25-29)40-33-18-8-7-13-28(33)23-24-45-40/h4-27,46H,1-3H3. The minimum atomic E-state index is -0.0495. The monoisotopic (exact) mass is 618 g/mol. The molecule has 1 N–H and O–H groups in total.